The van der Waals surface area contributed by atoms with E-state index >= 15 is 0 Å². The molecule has 1 atom stereocenters. The number of carbonyl (C=O) groups excluding carboxylic acids is 1. The van der Waals surface area contributed by atoms with Crippen LogP contribution in [-0.4, -0.2) is 65.2 Å². The predicted octanol–water partition coefficient (Wildman–Crippen LogP) is 1.82. The minimum Gasteiger partial charge on any atom is -0.491 e. The van der Waals surface area contributed by atoms with Gasteiger partial charge in [0.2, 0.25) is 5.91 Å². The molecular formula is C19H28N2O3. The van der Waals surface area contributed by atoms with E-state index in [-0.39, 0.29) is 5.91 Å². The summed E-state index contributed by atoms with van der Waals surface area (Å²) in [5.74, 6) is 0.972. The highest BCUT2D eigenvalue weighted by Gasteiger charge is 2.40. The average molecular weight is 332 g/mol. The van der Waals surface area contributed by atoms with Gasteiger partial charge in [-0.05, 0) is 38.3 Å². The summed E-state index contributed by atoms with van der Waals surface area (Å²) in [7, 11) is 0. The second-order valence-electron chi connectivity index (χ2n) is 7.28. The fraction of sp³-hybridized carbons (Fsp3) is 0.632. The van der Waals surface area contributed by atoms with Gasteiger partial charge in [0.25, 0.3) is 0 Å². The van der Waals surface area contributed by atoms with Crippen molar-refractivity contribution in [3.63, 3.8) is 0 Å². The molecule has 132 valence electrons. The minimum atomic E-state index is -0.775. The Morgan fingerprint density at radius 3 is 2.54 bits per heavy atom. The van der Waals surface area contributed by atoms with Gasteiger partial charge in [0.15, 0.2) is 0 Å². The maximum Gasteiger partial charge on any atom is 0.219 e. The van der Waals surface area contributed by atoms with E-state index in [2.05, 4.69) is 4.90 Å². The largest absolute Gasteiger partial charge is 0.491 e. The molecule has 1 N–H and O–H groups in total. The van der Waals surface area contributed by atoms with E-state index in [1.54, 1.807) is 6.92 Å². The molecule has 24 heavy (non-hydrogen) atoms. The summed E-state index contributed by atoms with van der Waals surface area (Å²) in [4.78, 5) is 15.7. The van der Waals surface area contributed by atoms with Gasteiger partial charge in [-0.3, -0.25) is 9.69 Å². The van der Waals surface area contributed by atoms with Crippen LogP contribution in [0.15, 0.2) is 24.3 Å². The molecule has 5 nitrogen and oxygen atoms in total. The molecule has 0 aromatic heterocycles. The molecule has 2 aliphatic heterocycles. The first-order valence-corrected chi connectivity index (χ1v) is 8.87. The summed E-state index contributed by atoms with van der Waals surface area (Å²) in [6.45, 7) is 7.23. The lowest BCUT2D eigenvalue weighted by Crippen LogP contribution is -2.47. The maximum absolute atomic E-state index is 11.4. The Morgan fingerprint density at radius 1 is 1.25 bits per heavy atom. The van der Waals surface area contributed by atoms with E-state index in [4.69, 9.17) is 4.74 Å². The minimum absolute atomic E-state index is 0.165. The predicted molar refractivity (Wildman–Crippen MR) is 93.1 cm³/mol. The number of hydrogen-bond acceptors (Lipinski definition) is 4. The summed E-state index contributed by atoms with van der Waals surface area (Å²) in [6, 6.07) is 8.40. The topological polar surface area (TPSA) is 53.0 Å². The number of hydrogen-bond donors (Lipinski definition) is 1. The number of β-amino-alcohol motifs (C(OH)–C–C–N with tert-alkyl or cyclic N) is 1. The molecule has 0 aliphatic carbocycles. The Kier molecular flexibility index (Phi) is 5.11. The Labute approximate surface area is 144 Å². The van der Waals surface area contributed by atoms with Gasteiger partial charge in [-0.2, -0.15) is 0 Å². The molecule has 2 heterocycles. The van der Waals surface area contributed by atoms with Crippen molar-refractivity contribution in [3.05, 3.63) is 29.8 Å². The third-order valence-electron chi connectivity index (χ3n) is 5.32. The van der Waals surface area contributed by atoms with E-state index in [0.29, 0.717) is 19.2 Å². The fourth-order valence-corrected chi connectivity index (χ4v) is 3.72. The van der Waals surface area contributed by atoms with Crippen molar-refractivity contribution >= 4 is 5.91 Å². The lowest BCUT2D eigenvalue weighted by Gasteiger charge is -2.36. The summed E-state index contributed by atoms with van der Waals surface area (Å²) < 4.78 is 5.80. The SMILES string of the molecule is CC(=O)N1CCC(N2CCC(O)(COc3ccc(C)cc3)C2)CC1. The third-order valence-corrected chi connectivity index (χ3v) is 5.32. The standard InChI is InChI=1S/C19H28N2O3/c1-15-3-5-18(6-4-15)24-14-19(23)9-12-21(13-19)17-7-10-20(11-8-17)16(2)22/h3-6,17,23H,7-14H2,1-2H3. The molecule has 0 saturated carbocycles. The van der Waals surface area contributed by atoms with Crippen LogP contribution >= 0.6 is 0 Å². The van der Waals surface area contributed by atoms with Crippen LogP contribution in [-0.2, 0) is 4.79 Å². The van der Waals surface area contributed by atoms with E-state index < -0.39 is 5.60 Å². The Balaban J connectivity index is 1.49. The number of aryl methyl sites for hydroxylation is 1. The number of aliphatic hydroxyl groups is 1. The maximum atomic E-state index is 11.4. The first-order valence-electron chi connectivity index (χ1n) is 8.87. The van der Waals surface area contributed by atoms with Crippen molar-refractivity contribution in [1.29, 1.82) is 0 Å². The van der Waals surface area contributed by atoms with Crippen molar-refractivity contribution in [1.82, 2.24) is 9.80 Å². The molecule has 0 bridgehead atoms. The van der Waals surface area contributed by atoms with Gasteiger partial charge in [0.05, 0.1) is 0 Å². The number of carbonyl (C=O) groups is 1. The molecule has 1 unspecified atom stereocenters. The van der Waals surface area contributed by atoms with Crippen LogP contribution in [0.5, 0.6) is 5.75 Å². The zero-order valence-corrected chi connectivity index (χ0v) is 14.7. The second-order valence-corrected chi connectivity index (χ2v) is 7.28. The van der Waals surface area contributed by atoms with Crippen LogP contribution < -0.4 is 4.74 Å². The molecule has 5 heteroatoms. The quantitative estimate of drug-likeness (QED) is 0.914. The average Bonchev–Trinajstić information content (AvgIpc) is 2.97. The number of likely N-dealkylation sites (tertiary alicyclic amines) is 2. The number of rotatable bonds is 4. The molecule has 2 saturated heterocycles. The third kappa shape index (κ3) is 4.08. The first-order chi connectivity index (χ1) is 11.5. The van der Waals surface area contributed by atoms with E-state index in [0.717, 1.165) is 44.6 Å². The van der Waals surface area contributed by atoms with E-state index in [1.165, 1.54) is 5.56 Å². The lowest BCUT2D eigenvalue weighted by atomic mass is 10.0. The van der Waals surface area contributed by atoms with Crippen LogP contribution in [0.3, 0.4) is 0 Å². The molecule has 1 aromatic carbocycles. The van der Waals surface area contributed by atoms with E-state index in [1.807, 2.05) is 36.1 Å². The number of amides is 1. The van der Waals surface area contributed by atoms with Crippen molar-refractivity contribution in [2.75, 3.05) is 32.8 Å². The Bertz CT molecular complexity index is 566. The highest BCUT2D eigenvalue weighted by Crippen LogP contribution is 2.28. The fourth-order valence-electron chi connectivity index (χ4n) is 3.72. The number of benzene rings is 1. The molecule has 0 spiro atoms. The highest BCUT2D eigenvalue weighted by molar-refractivity contribution is 5.73. The summed E-state index contributed by atoms with van der Waals surface area (Å²) in [5, 5.41) is 10.8. The van der Waals surface area contributed by atoms with Crippen LogP contribution in [0, 0.1) is 6.92 Å². The zero-order valence-electron chi connectivity index (χ0n) is 14.7. The molecule has 2 aliphatic rings. The molecular weight excluding hydrogens is 304 g/mol. The van der Waals surface area contributed by atoms with Crippen LogP contribution in [0.25, 0.3) is 0 Å². The summed E-state index contributed by atoms with van der Waals surface area (Å²) >= 11 is 0. The van der Waals surface area contributed by atoms with Crippen molar-refractivity contribution in [2.45, 2.75) is 44.8 Å². The van der Waals surface area contributed by atoms with Crippen LogP contribution in [0.4, 0.5) is 0 Å². The Hall–Kier alpha value is -1.59. The zero-order chi connectivity index (χ0) is 17.2. The van der Waals surface area contributed by atoms with Crippen LogP contribution in [0.2, 0.25) is 0 Å². The smallest absolute Gasteiger partial charge is 0.219 e. The highest BCUT2D eigenvalue weighted by atomic mass is 16.5. The summed E-state index contributed by atoms with van der Waals surface area (Å²) in [6.07, 6.45) is 2.73. The monoisotopic (exact) mass is 332 g/mol. The first kappa shape index (κ1) is 17.2. The summed E-state index contributed by atoms with van der Waals surface area (Å²) in [5.41, 5.74) is 0.424. The van der Waals surface area contributed by atoms with E-state index in [9.17, 15) is 9.90 Å². The second kappa shape index (κ2) is 7.11. The van der Waals surface area contributed by atoms with Gasteiger partial charge in [0, 0.05) is 39.1 Å². The van der Waals surface area contributed by atoms with Gasteiger partial charge >= 0.3 is 0 Å². The van der Waals surface area contributed by atoms with Crippen molar-refractivity contribution < 1.29 is 14.6 Å². The Morgan fingerprint density at radius 2 is 1.92 bits per heavy atom. The number of piperidine rings is 1. The van der Waals surface area contributed by atoms with Crippen molar-refractivity contribution in [2.24, 2.45) is 0 Å². The van der Waals surface area contributed by atoms with Gasteiger partial charge in [0.1, 0.15) is 18.0 Å². The van der Waals surface area contributed by atoms with Gasteiger partial charge in [-0.1, -0.05) is 17.7 Å². The van der Waals surface area contributed by atoms with Crippen LogP contribution in [0.1, 0.15) is 31.7 Å². The molecule has 1 aromatic rings. The molecule has 1 amide bonds. The number of ether oxygens (including phenoxy) is 1. The lowest BCUT2D eigenvalue weighted by molar-refractivity contribution is -0.130. The molecule has 2 fully saturated rings. The van der Waals surface area contributed by atoms with Gasteiger partial charge < -0.3 is 14.7 Å². The number of nitrogens with zero attached hydrogens (tertiary/aromatic N) is 2. The molecule has 0 radical (unpaired) electrons. The normalized spacial score (nSPS) is 25.9. The van der Waals surface area contributed by atoms with Crippen molar-refractivity contribution in [3.8, 4) is 5.75 Å². The van der Waals surface area contributed by atoms with Gasteiger partial charge in [-0.15, -0.1) is 0 Å². The van der Waals surface area contributed by atoms with Gasteiger partial charge in [-0.25, -0.2) is 0 Å². The molecule has 3 rings (SSSR count).